The van der Waals surface area contributed by atoms with Gasteiger partial charge in [0.05, 0.1) is 24.2 Å². The summed E-state index contributed by atoms with van der Waals surface area (Å²) < 4.78 is 9.12. The van der Waals surface area contributed by atoms with Crippen molar-refractivity contribution in [3.8, 4) is 0 Å². The molecule has 1 aliphatic rings. The van der Waals surface area contributed by atoms with Gasteiger partial charge in [-0.05, 0) is 25.5 Å². The second-order valence-electron chi connectivity index (χ2n) is 7.60. The summed E-state index contributed by atoms with van der Waals surface area (Å²) >= 11 is 0. The van der Waals surface area contributed by atoms with Gasteiger partial charge >= 0.3 is 0 Å². The predicted molar refractivity (Wildman–Crippen MR) is 118 cm³/mol. The Morgan fingerprint density at radius 1 is 1.19 bits per heavy atom. The number of aromatic nitrogens is 4. The number of hydrogen-bond donors (Lipinski definition) is 1. The third kappa shape index (κ3) is 4.93. The predicted octanol–water partition coefficient (Wildman–Crippen LogP) is 1.33. The van der Waals surface area contributed by atoms with Gasteiger partial charge in [0, 0.05) is 51.5 Å². The van der Waals surface area contributed by atoms with Gasteiger partial charge in [-0.25, -0.2) is 9.97 Å². The van der Waals surface area contributed by atoms with Gasteiger partial charge in [-0.3, -0.25) is 9.59 Å². The molecule has 1 fully saturated rings. The molecular formula is C22H28N6O3. The van der Waals surface area contributed by atoms with Gasteiger partial charge in [-0.2, -0.15) is 0 Å². The molecule has 3 aromatic rings. The van der Waals surface area contributed by atoms with Crippen LogP contribution < -0.4 is 15.8 Å². The number of benzene rings is 1. The first-order chi connectivity index (χ1) is 15.1. The van der Waals surface area contributed by atoms with Gasteiger partial charge in [0.25, 0.3) is 5.56 Å². The molecule has 2 aromatic heterocycles. The summed E-state index contributed by atoms with van der Waals surface area (Å²) in [4.78, 5) is 36.4. The Bertz CT molecular complexity index is 1100. The normalized spacial score (nSPS) is 14.2. The fourth-order valence-corrected chi connectivity index (χ4v) is 3.80. The fourth-order valence-electron chi connectivity index (χ4n) is 3.80. The van der Waals surface area contributed by atoms with Crippen molar-refractivity contribution in [2.75, 3.05) is 37.7 Å². The Morgan fingerprint density at radius 2 is 2.00 bits per heavy atom. The van der Waals surface area contributed by atoms with Crippen LogP contribution in [0.25, 0.3) is 11.0 Å². The van der Waals surface area contributed by atoms with Crippen LogP contribution in [0.2, 0.25) is 0 Å². The highest BCUT2D eigenvalue weighted by Crippen LogP contribution is 2.15. The molecule has 1 N–H and O–H groups in total. The van der Waals surface area contributed by atoms with Crippen LogP contribution in [0.3, 0.4) is 0 Å². The lowest BCUT2D eigenvalue weighted by Crippen LogP contribution is -2.41. The van der Waals surface area contributed by atoms with E-state index < -0.39 is 0 Å². The summed E-state index contributed by atoms with van der Waals surface area (Å²) in [6, 6.07) is 7.56. The van der Waals surface area contributed by atoms with Crippen molar-refractivity contribution >= 4 is 22.8 Å². The standard InChI is InChI=1S/C22H28N6O3/c1-17-23-9-12-26(17)10-4-8-24-20(29)7-11-28-19-6-3-2-5-18(19)25-21(22(28)30)27-13-15-31-16-14-27/h2-3,5-6,9,12H,4,7-8,10-11,13-16H2,1H3,(H,24,29). The van der Waals surface area contributed by atoms with Crippen molar-refractivity contribution in [3.63, 3.8) is 0 Å². The third-order valence-electron chi connectivity index (χ3n) is 5.53. The Labute approximate surface area is 180 Å². The minimum absolute atomic E-state index is 0.0666. The highest BCUT2D eigenvalue weighted by atomic mass is 16.5. The van der Waals surface area contributed by atoms with Crippen LogP contribution >= 0.6 is 0 Å². The molecule has 31 heavy (non-hydrogen) atoms. The van der Waals surface area contributed by atoms with E-state index in [9.17, 15) is 9.59 Å². The highest BCUT2D eigenvalue weighted by Gasteiger charge is 2.19. The number of nitrogens with one attached hydrogen (secondary N) is 1. The first-order valence-electron chi connectivity index (χ1n) is 10.7. The highest BCUT2D eigenvalue weighted by molar-refractivity contribution is 5.78. The van der Waals surface area contributed by atoms with Gasteiger partial charge < -0.3 is 24.1 Å². The molecule has 0 radical (unpaired) electrons. The lowest BCUT2D eigenvalue weighted by molar-refractivity contribution is -0.121. The largest absolute Gasteiger partial charge is 0.378 e. The van der Waals surface area contributed by atoms with Crippen molar-refractivity contribution in [3.05, 3.63) is 52.8 Å². The summed E-state index contributed by atoms with van der Waals surface area (Å²) in [5, 5.41) is 2.95. The van der Waals surface area contributed by atoms with E-state index in [0.29, 0.717) is 45.2 Å². The second kappa shape index (κ2) is 9.74. The number of hydrogen-bond acceptors (Lipinski definition) is 6. The van der Waals surface area contributed by atoms with Crippen LogP contribution in [0.1, 0.15) is 18.7 Å². The number of carbonyl (C=O) groups excluding carboxylic acids is 1. The Morgan fingerprint density at radius 3 is 2.77 bits per heavy atom. The van der Waals surface area contributed by atoms with E-state index >= 15 is 0 Å². The molecule has 164 valence electrons. The SMILES string of the molecule is Cc1nccn1CCCNC(=O)CCn1c(=O)c(N2CCOCC2)nc2ccccc21. The average molecular weight is 425 g/mol. The lowest BCUT2D eigenvalue weighted by Gasteiger charge is -2.28. The van der Waals surface area contributed by atoms with E-state index in [1.807, 2.05) is 42.3 Å². The summed E-state index contributed by atoms with van der Waals surface area (Å²) in [5.41, 5.74) is 1.33. The molecule has 0 bridgehead atoms. The minimum atomic E-state index is -0.163. The molecule has 9 heteroatoms. The van der Waals surface area contributed by atoms with Crippen molar-refractivity contribution in [2.24, 2.45) is 0 Å². The quantitative estimate of drug-likeness (QED) is 0.549. The van der Waals surface area contributed by atoms with E-state index in [1.54, 1.807) is 10.8 Å². The van der Waals surface area contributed by atoms with Gasteiger partial charge in [0.1, 0.15) is 5.82 Å². The molecule has 1 aliphatic heterocycles. The van der Waals surface area contributed by atoms with Gasteiger partial charge in [0.2, 0.25) is 5.91 Å². The van der Waals surface area contributed by atoms with Crippen LogP contribution in [-0.4, -0.2) is 57.9 Å². The Balaban J connectivity index is 1.41. The van der Waals surface area contributed by atoms with Gasteiger partial charge in [-0.1, -0.05) is 12.1 Å². The summed E-state index contributed by atoms with van der Waals surface area (Å²) in [6.07, 6.45) is 4.77. The van der Waals surface area contributed by atoms with Crippen molar-refractivity contribution < 1.29 is 9.53 Å². The molecule has 0 saturated carbocycles. The molecule has 0 unspecified atom stereocenters. The number of aryl methyl sites for hydroxylation is 3. The second-order valence-corrected chi connectivity index (χ2v) is 7.60. The van der Waals surface area contributed by atoms with Crippen LogP contribution in [0.15, 0.2) is 41.5 Å². The van der Waals surface area contributed by atoms with E-state index in [2.05, 4.69) is 19.9 Å². The number of amides is 1. The summed E-state index contributed by atoms with van der Waals surface area (Å²) in [5.74, 6) is 1.33. The maximum Gasteiger partial charge on any atom is 0.294 e. The monoisotopic (exact) mass is 424 g/mol. The van der Waals surface area contributed by atoms with E-state index in [4.69, 9.17) is 4.74 Å². The summed E-state index contributed by atoms with van der Waals surface area (Å²) in [7, 11) is 0. The number of morpholine rings is 1. The molecular weight excluding hydrogens is 396 g/mol. The molecule has 1 amide bonds. The van der Waals surface area contributed by atoms with E-state index in [-0.39, 0.29) is 17.9 Å². The number of ether oxygens (including phenoxy) is 1. The zero-order valence-electron chi connectivity index (χ0n) is 17.8. The molecule has 4 rings (SSSR count). The van der Waals surface area contributed by atoms with Crippen molar-refractivity contribution in [1.29, 1.82) is 0 Å². The fraction of sp³-hybridized carbons (Fsp3) is 0.455. The zero-order chi connectivity index (χ0) is 21.6. The topological polar surface area (TPSA) is 94.3 Å². The third-order valence-corrected chi connectivity index (χ3v) is 5.53. The van der Waals surface area contributed by atoms with Gasteiger partial charge in [-0.15, -0.1) is 0 Å². The first kappa shape index (κ1) is 21.0. The summed E-state index contributed by atoms with van der Waals surface area (Å²) in [6.45, 7) is 6.09. The zero-order valence-corrected chi connectivity index (χ0v) is 17.8. The van der Waals surface area contributed by atoms with Crippen molar-refractivity contribution in [1.82, 2.24) is 24.4 Å². The molecule has 1 aromatic carbocycles. The molecule has 0 aliphatic carbocycles. The maximum absolute atomic E-state index is 13.2. The molecule has 9 nitrogen and oxygen atoms in total. The van der Waals surface area contributed by atoms with Crippen LogP contribution in [0.5, 0.6) is 0 Å². The molecule has 0 spiro atoms. The average Bonchev–Trinajstić information content (AvgIpc) is 3.21. The minimum Gasteiger partial charge on any atom is -0.378 e. The lowest BCUT2D eigenvalue weighted by atomic mass is 10.2. The number of rotatable bonds is 8. The van der Waals surface area contributed by atoms with Crippen LogP contribution in [0.4, 0.5) is 5.82 Å². The van der Waals surface area contributed by atoms with E-state index in [1.165, 1.54) is 0 Å². The van der Waals surface area contributed by atoms with Crippen LogP contribution in [0, 0.1) is 6.92 Å². The number of nitrogens with zero attached hydrogens (tertiary/aromatic N) is 5. The van der Waals surface area contributed by atoms with Crippen LogP contribution in [-0.2, 0) is 22.6 Å². The van der Waals surface area contributed by atoms with Crippen molar-refractivity contribution in [2.45, 2.75) is 32.9 Å². The smallest absolute Gasteiger partial charge is 0.294 e. The van der Waals surface area contributed by atoms with Gasteiger partial charge in [0.15, 0.2) is 5.82 Å². The number of fused-ring (bicyclic) bond motifs is 1. The van der Waals surface area contributed by atoms with E-state index in [0.717, 1.165) is 29.8 Å². The molecule has 1 saturated heterocycles. The first-order valence-corrected chi connectivity index (χ1v) is 10.7. The molecule has 0 atom stereocenters. The number of imidazole rings is 1. The molecule has 3 heterocycles. The number of para-hydroxylation sites is 2. The number of carbonyl (C=O) groups is 1. The number of anilines is 1. The Kier molecular flexibility index (Phi) is 6.61. The Hall–Kier alpha value is -3.20. The maximum atomic E-state index is 13.2.